The lowest BCUT2D eigenvalue weighted by atomic mass is 10.0. The van der Waals surface area contributed by atoms with Crippen LogP contribution >= 0.6 is 23.2 Å². The van der Waals surface area contributed by atoms with Gasteiger partial charge in [-0.15, -0.1) is 0 Å². The molecule has 0 saturated heterocycles. The van der Waals surface area contributed by atoms with E-state index in [0.29, 0.717) is 40.3 Å². The van der Waals surface area contributed by atoms with Crippen molar-refractivity contribution in [3.63, 3.8) is 0 Å². The predicted octanol–water partition coefficient (Wildman–Crippen LogP) is 6.51. The van der Waals surface area contributed by atoms with Crippen molar-refractivity contribution in [3.8, 4) is 11.5 Å². The highest BCUT2D eigenvalue weighted by atomic mass is 35.5. The molecule has 0 bridgehead atoms. The number of nitrogens with one attached hydrogen (secondary N) is 1. The van der Waals surface area contributed by atoms with E-state index >= 15 is 0 Å². The number of carbonyl (C=O) groups is 2. The molecule has 0 aromatic heterocycles. The number of halogens is 2. The Hall–Kier alpha value is -4.25. The molecule has 5 rings (SSSR count). The minimum atomic E-state index is -4.28. The van der Waals surface area contributed by atoms with Gasteiger partial charge in [-0.25, -0.2) is 8.42 Å². The highest BCUT2D eigenvalue weighted by Crippen LogP contribution is 2.36. The zero-order valence-electron chi connectivity index (χ0n) is 26.9. The normalized spacial score (nSPS) is 13.4. The molecule has 48 heavy (non-hydrogen) atoms. The number of rotatable bonds is 11. The monoisotopic (exact) mass is 709 g/mol. The number of anilines is 1. The Bertz CT molecular complexity index is 1870. The number of hydrogen-bond acceptors (Lipinski definition) is 6. The molecular weight excluding hydrogens is 673 g/mol. The van der Waals surface area contributed by atoms with Crippen molar-refractivity contribution in [2.75, 3.05) is 24.1 Å². The standard InChI is InChI=1S/C36H37Cl2N3O6S/c1-36(2,3)39-35(43)31(20-25-10-6-4-7-11-25)40(23-26-14-15-27(37)21-30(26)38)34(42)24-41(48(44,45)29-12-8-5-9-13-29)28-16-17-32-33(22-28)47-19-18-46-32/h4-17,21-22,31H,18-20,23-24H2,1-3H3,(H,39,43)/t31-/m1/s1. The first-order valence-corrected chi connectivity index (χ1v) is 17.6. The second-order valence-electron chi connectivity index (χ2n) is 12.4. The topological polar surface area (TPSA) is 105 Å². The summed E-state index contributed by atoms with van der Waals surface area (Å²) in [5.74, 6) is -0.202. The van der Waals surface area contributed by atoms with Crippen molar-refractivity contribution in [1.82, 2.24) is 10.2 Å². The van der Waals surface area contributed by atoms with Crippen molar-refractivity contribution >= 4 is 50.7 Å². The number of carbonyl (C=O) groups excluding carboxylic acids is 2. The molecule has 4 aromatic rings. The smallest absolute Gasteiger partial charge is 0.264 e. The van der Waals surface area contributed by atoms with Crippen molar-refractivity contribution in [3.05, 3.63) is 118 Å². The Morgan fingerprint density at radius 1 is 0.854 bits per heavy atom. The van der Waals surface area contributed by atoms with Crippen LogP contribution in [0.15, 0.2) is 102 Å². The molecule has 252 valence electrons. The summed E-state index contributed by atoms with van der Waals surface area (Å²) in [6.07, 6.45) is 0.162. The van der Waals surface area contributed by atoms with Gasteiger partial charge >= 0.3 is 0 Å². The van der Waals surface area contributed by atoms with E-state index in [9.17, 15) is 18.0 Å². The fourth-order valence-electron chi connectivity index (χ4n) is 5.28. The van der Waals surface area contributed by atoms with E-state index in [-0.39, 0.29) is 23.5 Å². The maximum atomic E-state index is 14.7. The maximum Gasteiger partial charge on any atom is 0.264 e. The van der Waals surface area contributed by atoms with Gasteiger partial charge in [-0.05, 0) is 68.3 Å². The van der Waals surface area contributed by atoms with Crippen molar-refractivity contribution < 1.29 is 27.5 Å². The molecule has 0 saturated carbocycles. The molecule has 1 N–H and O–H groups in total. The zero-order valence-corrected chi connectivity index (χ0v) is 29.2. The first-order valence-electron chi connectivity index (χ1n) is 15.4. The molecule has 1 aliphatic heterocycles. The summed E-state index contributed by atoms with van der Waals surface area (Å²) in [5, 5.41) is 3.72. The van der Waals surface area contributed by atoms with E-state index in [4.69, 9.17) is 32.7 Å². The highest BCUT2D eigenvalue weighted by Gasteiger charge is 2.36. The van der Waals surface area contributed by atoms with Crippen LogP contribution in [0.1, 0.15) is 31.9 Å². The molecule has 4 aromatic carbocycles. The quantitative estimate of drug-likeness (QED) is 0.190. The molecule has 0 aliphatic carbocycles. The summed E-state index contributed by atoms with van der Waals surface area (Å²) in [6.45, 7) is 5.48. The minimum absolute atomic E-state index is 0.00806. The number of amides is 2. The Kier molecular flexibility index (Phi) is 10.9. The summed E-state index contributed by atoms with van der Waals surface area (Å²) in [7, 11) is -4.28. The average molecular weight is 711 g/mol. The molecule has 9 nitrogen and oxygen atoms in total. The second kappa shape index (κ2) is 14.9. The SMILES string of the molecule is CC(C)(C)NC(=O)[C@@H](Cc1ccccc1)N(Cc1ccc(Cl)cc1Cl)C(=O)CN(c1ccc2c(c1)OCCO2)S(=O)(=O)c1ccccc1. The van der Waals surface area contributed by atoms with Gasteiger partial charge in [0.1, 0.15) is 25.8 Å². The van der Waals surface area contributed by atoms with Crippen LogP contribution in [0.2, 0.25) is 10.0 Å². The number of ether oxygens (including phenoxy) is 2. The number of nitrogens with zero attached hydrogens (tertiary/aromatic N) is 2. The third-order valence-corrected chi connectivity index (χ3v) is 9.92. The number of fused-ring (bicyclic) bond motifs is 1. The predicted molar refractivity (Wildman–Crippen MR) is 187 cm³/mol. The van der Waals surface area contributed by atoms with Gasteiger partial charge in [0.2, 0.25) is 11.8 Å². The molecule has 0 unspecified atom stereocenters. The van der Waals surface area contributed by atoms with Gasteiger partial charge in [0, 0.05) is 34.6 Å². The molecule has 0 radical (unpaired) electrons. The molecule has 12 heteroatoms. The van der Waals surface area contributed by atoms with E-state index in [2.05, 4.69) is 5.32 Å². The molecular formula is C36H37Cl2N3O6S. The van der Waals surface area contributed by atoms with Gasteiger partial charge < -0.3 is 19.7 Å². The number of hydrogen-bond donors (Lipinski definition) is 1. The molecule has 1 aliphatic rings. The third kappa shape index (κ3) is 8.61. The van der Waals surface area contributed by atoms with Gasteiger partial charge in [-0.1, -0.05) is 77.8 Å². The van der Waals surface area contributed by atoms with Crippen molar-refractivity contribution in [2.45, 2.75) is 50.2 Å². The Morgan fingerprint density at radius 3 is 2.15 bits per heavy atom. The highest BCUT2D eigenvalue weighted by molar-refractivity contribution is 7.92. The summed E-state index contributed by atoms with van der Waals surface area (Å²) in [6, 6.07) is 25.7. The largest absolute Gasteiger partial charge is 0.486 e. The van der Waals surface area contributed by atoms with Crippen molar-refractivity contribution in [1.29, 1.82) is 0 Å². The lowest BCUT2D eigenvalue weighted by Gasteiger charge is -2.35. The lowest BCUT2D eigenvalue weighted by Crippen LogP contribution is -2.56. The first kappa shape index (κ1) is 35.1. The van der Waals surface area contributed by atoms with Crippen LogP contribution in [0.25, 0.3) is 0 Å². The van der Waals surface area contributed by atoms with Gasteiger partial charge in [-0.2, -0.15) is 0 Å². The Morgan fingerprint density at radius 2 is 1.50 bits per heavy atom. The lowest BCUT2D eigenvalue weighted by molar-refractivity contribution is -0.140. The van der Waals surface area contributed by atoms with Gasteiger partial charge in [0.05, 0.1) is 10.6 Å². The van der Waals surface area contributed by atoms with Gasteiger partial charge in [0.25, 0.3) is 10.0 Å². The van der Waals surface area contributed by atoms with E-state index in [0.717, 1.165) is 9.87 Å². The van der Waals surface area contributed by atoms with E-state index in [1.54, 1.807) is 48.5 Å². The van der Waals surface area contributed by atoms with E-state index < -0.39 is 40.0 Å². The fourth-order valence-corrected chi connectivity index (χ4v) is 7.17. The van der Waals surface area contributed by atoms with E-state index in [1.807, 2.05) is 51.1 Å². The summed E-state index contributed by atoms with van der Waals surface area (Å²) in [4.78, 5) is 30.1. The first-order chi connectivity index (χ1) is 22.8. The fraction of sp³-hybridized carbons (Fsp3) is 0.278. The van der Waals surface area contributed by atoms with Crippen molar-refractivity contribution in [2.24, 2.45) is 0 Å². The van der Waals surface area contributed by atoms with Crippen LogP contribution in [0.5, 0.6) is 11.5 Å². The molecule has 1 atom stereocenters. The second-order valence-corrected chi connectivity index (χ2v) is 15.1. The van der Waals surface area contributed by atoms with Gasteiger partial charge in [-0.3, -0.25) is 13.9 Å². The molecule has 2 amide bonds. The third-order valence-electron chi connectivity index (χ3n) is 7.55. The minimum Gasteiger partial charge on any atom is -0.486 e. The maximum absolute atomic E-state index is 14.7. The average Bonchev–Trinajstić information content (AvgIpc) is 3.05. The number of sulfonamides is 1. The Balaban J connectivity index is 1.61. The van der Waals surface area contributed by atoms with Crippen LogP contribution < -0.4 is 19.1 Å². The van der Waals surface area contributed by atoms with Gasteiger partial charge in [0.15, 0.2) is 11.5 Å². The molecule has 1 heterocycles. The van der Waals surface area contributed by atoms with Crippen LogP contribution in [-0.2, 0) is 32.6 Å². The molecule has 0 fully saturated rings. The summed E-state index contributed by atoms with van der Waals surface area (Å²) in [5.41, 5.74) is 0.923. The van der Waals surface area contributed by atoms with Crippen LogP contribution in [-0.4, -0.2) is 56.5 Å². The summed E-state index contributed by atoms with van der Waals surface area (Å²) < 4.78 is 40.9. The number of benzene rings is 4. The van der Waals surface area contributed by atoms with E-state index in [1.165, 1.54) is 23.1 Å². The van der Waals surface area contributed by atoms with Crippen LogP contribution in [0.3, 0.4) is 0 Å². The Labute approximate surface area is 291 Å². The van der Waals surface area contributed by atoms with Crippen LogP contribution in [0.4, 0.5) is 5.69 Å². The van der Waals surface area contributed by atoms with Crippen LogP contribution in [0, 0.1) is 0 Å². The summed E-state index contributed by atoms with van der Waals surface area (Å²) >= 11 is 12.8. The zero-order chi connectivity index (χ0) is 34.5. The molecule has 0 spiro atoms.